The minimum absolute atomic E-state index is 0.430. The molecule has 1 aromatic rings. The Hall–Kier alpha value is -0.860. The minimum Gasteiger partial charge on any atom is -0.312 e. The maximum atomic E-state index is 3.53. The first-order valence-corrected chi connectivity index (χ1v) is 8.26. The molecule has 2 rings (SSSR count). The van der Waals surface area contributed by atoms with E-state index in [1.165, 1.54) is 49.9 Å². The van der Waals surface area contributed by atoms with Gasteiger partial charge in [0.15, 0.2) is 0 Å². The number of nitrogens with zero attached hydrogens (tertiary/aromatic N) is 1. The van der Waals surface area contributed by atoms with Crippen LogP contribution in [0.2, 0.25) is 0 Å². The predicted octanol–water partition coefficient (Wildman–Crippen LogP) is 3.77. The Morgan fingerprint density at radius 3 is 2.15 bits per heavy atom. The summed E-state index contributed by atoms with van der Waals surface area (Å²) in [5.74, 6) is 0. The summed E-state index contributed by atoms with van der Waals surface area (Å²) in [6.07, 6.45) is 6.63. The van der Waals surface area contributed by atoms with Crippen LogP contribution in [0.25, 0.3) is 0 Å². The number of rotatable bonds is 5. The van der Waals surface area contributed by atoms with Crippen LogP contribution in [0.15, 0.2) is 24.3 Å². The Kier molecular flexibility index (Phi) is 6.06. The predicted molar refractivity (Wildman–Crippen MR) is 87.1 cm³/mol. The second kappa shape index (κ2) is 7.80. The molecule has 1 heterocycles. The first-order valence-electron chi connectivity index (χ1n) is 8.26. The van der Waals surface area contributed by atoms with E-state index in [1.807, 2.05) is 0 Å². The van der Waals surface area contributed by atoms with Gasteiger partial charge in [0.25, 0.3) is 0 Å². The van der Waals surface area contributed by atoms with Crippen LogP contribution in [-0.4, -0.2) is 31.1 Å². The second-order valence-electron chi connectivity index (χ2n) is 6.05. The van der Waals surface area contributed by atoms with Gasteiger partial charge in [-0.05, 0) is 57.5 Å². The van der Waals surface area contributed by atoms with E-state index in [-0.39, 0.29) is 0 Å². The zero-order valence-electron chi connectivity index (χ0n) is 13.4. The maximum Gasteiger partial charge on any atom is 0.0473 e. The molecule has 112 valence electrons. The van der Waals surface area contributed by atoms with Gasteiger partial charge in [0.2, 0.25) is 0 Å². The first-order chi connectivity index (χ1) is 9.76. The van der Waals surface area contributed by atoms with Gasteiger partial charge in [-0.1, -0.05) is 44.0 Å². The van der Waals surface area contributed by atoms with Gasteiger partial charge in [-0.25, -0.2) is 0 Å². The normalized spacial score (nSPS) is 20.4. The van der Waals surface area contributed by atoms with Crippen molar-refractivity contribution in [3.05, 3.63) is 35.4 Å². The fourth-order valence-corrected chi connectivity index (χ4v) is 3.36. The number of hydrogen-bond donors (Lipinski definition) is 1. The lowest BCUT2D eigenvalue weighted by Gasteiger charge is -2.34. The van der Waals surface area contributed by atoms with Crippen LogP contribution in [0.4, 0.5) is 0 Å². The largest absolute Gasteiger partial charge is 0.312 e. The number of likely N-dealkylation sites (tertiary alicyclic amines) is 1. The van der Waals surface area contributed by atoms with Crippen LogP contribution in [0.3, 0.4) is 0 Å². The molecule has 1 fully saturated rings. The number of likely N-dealkylation sites (N-methyl/N-ethyl adjacent to an activating group) is 1. The lowest BCUT2D eigenvalue weighted by Crippen LogP contribution is -2.42. The van der Waals surface area contributed by atoms with Crippen molar-refractivity contribution in [3.8, 4) is 0 Å². The third-order valence-corrected chi connectivity index (χ3v) is 4.76. The molecule has 2 atom stereocenters. The molecule has 20 heavy (non-hydrogen) atoms. The maximum absolute atomic E-state index is 3.53. The molecule has 0 saturated carbocycles. The third-order valence-electron chi connectivity index (χ3n) is 4.76. The van der Waals surface area contributed by atoms with E-state index in [4.69, 9.17) is 0 Å². The summed E-state index contributed by atoms with van der Waals surface area (Å²) in [5.41, 5.74) is 2.84. The number of hydrogen-bond acceptors (Lipinski definition) is 2. The van der Waals surface area contributed by atoms with Crippen molar-refractivity contribution in [2.24, 2.45) is 0 Å². The van der Waals surface area contributed by atoms with Crippen molar-refractivity contribution in [2.75, 3.05) is 20.1 Å². The molecular formula is C18H30N2. The molecule has 0 aromatic heterocycles. The molecule has 0 bridgehead atoms. The van der Waals surface area contributed by atoms with E-state index in [0.29, 0.717) is 12.1 Å². The van der Waals surface area contributed by atoms with Gasteiger partial charge in [0, 0.05) is 12.1 Å². The zero-order valence-corrected chi connectivity index (χ0v) is 13.4. The van der Waals surface area contributed by atoms with Gasteiger partial charge in [-0.15, -0.1) is 0 Å². The highest BCUT2D eigenvalue weighted by atomic mass is 15.2. The van der Waals surface area contributed by atoms with Crippen LogP contribution >= 0.6 is 0 Å². The molecule has 2 heteroatoms. The Morgan fingerprint density at radius 1 is 1.05 bits per heavy atom. The molecule has 1 saturated heterocycles. The van der Waals surface area contributed by atoms with Crippen LogP contribution in [0.1, 0.15) is 56.7 Å². The standard InChI is InChI=1S/C18H30N2/c1-4-16-9-11-17(12-10-16)18(19-3)15(2)20-13-7-5-6-8-14-20/h9-12,15,18-19H,4-8,13-14H2,1-3H3. The highest BCUT2D eigenvalue weighted by molar-refractivity contribution is 5.26. The highest BCUT2D eigenvalue weighted by Crippen LogP contribution is 2.23. The molecule has 0 spiro atoms. The second-order valence-corrected chi connectivity index (χ2v) is 6.05. The molecule has 0 amide bonds. The van der Waals surface area contributed by atoms with Crippen molar-refractivity contribution in [3.63, 3.8) is 0 Å². The molecule has 1 aliphatic rings. The van der Waals surface area contributed by atoms with Crippen molar-refractivity contribution in [2.45, 2.75) is 58.0 Å². The lowest BCUT2D eigenvalue weighted by molar-refractivity contribution is 0.179. The van der Waals surface area contributed by atoms with E-state index >= 15 is 0 Å². The summed E-state index contributed by atoms with van der Waals surface area (Å²) in [5, 5.41) is 3.53. The Morgan fingerprint density at radius 2 is 1.65 bits per heavy atom. The average Bonchev–Trinajstić information content (AvgIpc) is 2.77. The smallest absolute Gasteiger partial charge is 0.0473 e. The van der Waals surface area contributed by atoms with E-state index < -0.39 is 0 Å². The zero-order chi connectivity index (χ0) is 14.4. The van der Waals surface area contributed by atoms with Gasteiger partial charge < -0.3 is 5.32 Å². The molecule has 1 N–H and O–H groups in total. The van der Waals surface area contributed by atoms with Crippen LogP contribution in [0, 0.1) is 0 Å². The summed E-state index contributed by atoms with van der Waals surface area (Å²) < 4.78 is 0. The van der Waals surface area contributed by atoms with E-state index in [0.717, 1.165) is 6.42 Å². The van der Waals surface area contributed by atoms with E-state index in [9.17, 15) is 0 Å². The van der Waals surface area contributed by atoms with Crippen molar-refractivity contribution in [1.29, 1.82) is 0 Å². The monoisotopic (exact) mass is 274 g/mol. The first kappa shape index (κ1) is 15.5. The average molecular weight is 274 g/mol. The minimum atomic E-state index is 0.430. The van der Waals surface area contributed by atoms with Crippen LogP contribution in [-0.2, 0) is 6.42 Å². The van der Waals surface area contributed by atoms with Crippen LogP contribution < -0.4 is 5.32 Å². The third kappa shape index (κ3) is 3.83. The molecular weight excluding hydrogens is 244 g/mol. The molecule has 1 aliphatic heterocycles. The Balaban J connectivity index is 2.08. The Bertz CT molecular complexity index is 377. The number of benzene rings is 1. The van der Waals surface area contributed by atoms with E-state index in [2.05, 4.69) is 55.4 Å². The molecule has 0 radical (unpaired) electrons. The summed E-state index contributed by atoms with van der Waals surface area (Å²) in [6, 6.07) is 10.1. The molecule has 2 unspecified atom stereocenters. The fraction of sp³-hybridized carbons (Fsp3) is 0.667. The van der Waals surface area contributed by atoms with Gasteiger partial charge >= 0.3 is 0 Å². The van der Waals surface area contributed by atoms with Gasteiger partial charge in [-0.3, -0.25) is 4.90 Å². The molecule has 0 aliphatic carbocycles. The number of nitrogens with one attached hydrogen (secondary N) is 1. The van der Waals surface area contributed by atoms with Crippen molar-refractivity contribution < 1.29 is 0 Å². The summed E-state index contributed by atoms with van der Waals surface area (Å²) >= 11 is 0. The summed E-state index contributed by atoms with van der Waals surface area (Å²) in [6.45, 7) is 7.10. The molecule has 1 aromatic carbocycles. The van der Waals surface area contributed by atoms with Crippen LogP contribution in [0.5, 0.6) is 0 Å². The molecule has 2 nitrogen and oxygen atoms in total. The number of aryl methyl sites for hydroxylation is 1. The Labute approximate surface area is 124 Å². The summed E-state index contributed by atoms with van der Waals surface area (Å²) in [4.78, 5) is 2.67. The SMILES string of the molecule is CCc1ccc(C(NC)C(C)N2CCCCCC2)cc1. The highest BCUT2D eigenvalue weighted by Gasteiger charge is 2.24. The van der Waals surface area contributed by atoms with Gasteiger partial charge in [0.05, 0.1) is 0 Å². The summed E-state index contributed by atoms with van der Waals surface area (Å²) in [7, 11) is 2.09. The lowest BCUT2D eigenvalue weighted by atomic mass is 9.97. The van der Waals surface area contributed by atoms with Gasteiger partial charge in [-0.2, -0.15) is 0 Å². The van der Waals surface area contributed by atoms with Crippen molar-refractivity contribution in [1.82, 2.24) is 10.2 Å². The van der Waals surface area contributed by atoms with Gasteiger partial charge in [0.1, 0.15) is 0 Å². The quantitative estimate of drug-likeness (QED) is 0.879. The fourth-order valence-electron chi connectivity index (χ4n) is 3.36. The van der Waals surface area contributed by atoms with E-state index in [1.54, 1.807) is 0 Å². The van der Waals surface area contributed by atoms with Crippen molar-refractivity contribution >= 4 is 0 Å². The topological polar surface area (TPSA) is 15.3 Å².